The van der Waals surface area contributed by atoms with Crippen LogP contribution in [0.2, 0.25) is 0 Å². The molecule has 4 nitrogen and oxygen atoms in total. The molecule has 0 aliphatic carbocycles. The Labute approximate surface area is 125 Å². The van der Waals surface area contributed by atoms with Gasteiger partial charge in [0, 0.05) is 22.5 Å². The van der Waals surface area contributed by atoms with Gasteiger partial charge in [-0.3, -0.25) is 9.59 Å². The summed E-state index contributed by atoms with van der Waals surface area (Å²) in [6, 6.07) is 13.6. The highest BCUT2D eigenvalue weighted by molar-refractivity contribution is 5.97. The molecule has 0 radical (unpaired) electrons. The molecule has 22 heavy (non-hydrogen) atoms. The molecule has 0 atom stereocenters. The van der Waals surface area contributed by atoms with Gasteiger partial charge in [0.25, 0.3) is 0 Å². The van der Waals surface area contributed by atoms with Crippen LogP contribution < -0.4 is 10.3 Å². The molecule has 5 heteroatoms. The van der Waals surface area contributed by atoms with Crippen LogP contribution in [0, 0.1) is 5.82 Å². The van der Waals surface area contributed by atoms with E-state index < -0.39 is 0 Å². The van der Waals surface area contributed by atoms with E-state index in [4.69, 9.17) is 4.74 Å². The number of aromatic nitrogens is 1. The molecule has 1 N–H and O–H groups in total. The van der Waals surface area contributed by atoms with Crippen LogP contribution in [0.25, 0.3) is 10.9 Å². The fourth-order valence-corrected chi connectivity index (χ4v) is 2.09. The number of ether oxygens (including phenoxy) is 1. The molecule has 0 saturated heterocycles. The number of Topliss-reactive ketones (excluding diaryl/α,β-unsaturated/α-hetero) is 1. The molecule has 0 spiro atoms. The minimum Gasteiger partial charge on any atom is -0.485 e. The number of pyridine rings is 1. The second kappa shape index (κ2) is 5.81. The van der Waals surface area contributed by atoms with E-state index in [-0.39, 0.29) is 23.8 Å². The van der Waals surface area contributed by atoms with Crippen molar-refractivity contribution in [3.8, 4) is 5.75 Å². The Kier molecular flexibility index (Phi) is 3.70. The summed E-state index contributed by atoms with van der Waals surface area (Å²) < 4.78 is 18.3. The van der Waals surface area contributed by atoms with E-state index in [9.17, 15) is 14.0 Å². The van der Waals surface area contributed by atoms with Gasteiger partial charge in [-0.15, -0.1) is 0 Å². The van der Waals surface area contributed by atoms with Gasteiger partial charge in [-0.2, -0.15) is 0 Å². The van der Waals surface area contributed by atoms with Crippen molar-refractivity contribution >= 4 is 16.7 Å². The molecule has 0 amide bonds. The maximum absolute atomic E-state index is 12.8. The summed E-state index contributed by atoms with van der Waals surface area (Å²) in [5, 5.41) is 0.811. The second-order valence-electron chi connectivity index (χ2n) is 4.79. The summed E-state index contributed by atoms with van der Waals surface area (Å²) in [7, 11) is 0. The van der Waals surface area contributed by atoms with Crippen molar-refractivity contribution in [2.75, 3.05) is 6.61 Å². The van der Waals surface area contributed by atoms with E-state index in [1.54, 1.807) is 24.3 Å². The number of carbonyl (C=O) groups is 1. The van der Waals surface area contributed by atoms with Crippen LogP contribution in [0.1, 0.15) is 10.4 Å². The standard InChI is InChI=1S/C17H12FNO3/c18-13-4-1-11(2-5-13)16(20)10-22-14-6-7-15-12(9-14)3-8-17(21)19-15/h1-9H,10H2,(H,19,21). The number of aromatic amines is 1. The lowest BCUT2D eigenvalue weighted by molar-refractivity contribution is 0.0921. The molecule has 0 saturated carbocycles. The van der Waals surface area contributed by atoms with Crippen molar-refractivity contribution in [3.05, 3.63) is 76.3 Å². The van der Waals surface area contributed by atoms with Gasteiger partial charge >= 0.3 is 0 Å². The number of ketones is 1. The van der Waals surface area contributed by atoms with Gasteiger partial charge in [0.2, 0.25) is 5.56 Å². The number of fused-ring (bicyclic) bond motifs is 1. The molecule has 2 aromatic carbocycles. The van der Waals surface area contributed by atoms with Gasteiger partial charge in [0.05, 0.1) is 0 Å². The van der Waals surface area contributed by atoms with Crippen LogP contribution in [-0.4, -0.2) is 17.4 Å². The first-order valence-corrected chi connectivity index (χ1v) is 6.66. The summed E-state index contributed by atoms with van der Waals surface area (Å²) in [6.07, 6.45) is 0. The number of hydrogen-bond donors (Lipinski definition) is 1. The Morgan fingerprint density at radius 3 is 2.59 bits per heavy atom. The van der Waals surface area contributed by atoms with Gasteiger partial charge in [-0.05, 0) is 48.5 Å². The molecule has 3 aromatic rings. The van der Waals surface area contributed by atoms with Crippen molar-refractivity contribution in [3.63, 3.8) is 0 Å². The van der Waals surface area contributed by atoms with E-state index in [0.717, 1.165) is 5.39 Å². The van der Waals surface area contributed by atoms with Crippen LogP contribution in [0.3, 0.4) is 0 Å². The summed E-state index contributed by atoms with van der Waals surface area (Å²) >= 11 is 0. The zero-order chi connectivity index (χ0) is 15.5. The molecule has 110 valence electrons. The number of halogens is 1. The minimum absolute atomic E-state index is 0.138. The summed E-state index contributed by atoms with van der Waals surface area (Å²) in [4.78, 5) is 25.8. The summed E-state index contributed by atoms with van der Waals surface area (Å²) in [5.41, 5.74) is 0.920. The average molecular weight is 297 g/mol. The molecular formula is C17H12FNO3. The number of H-pyrrole nitrogens is 1. The third-order valence-electron chi connectivity index (χ3n) is 3.23. The number of nitrogens with one attached hydrogen (secondary N) is 1. The van der Waals surface area contributed by atoms with Crippen LogP contribution in [0.5, 0.6) is 5.75 Å². The molecule has 1 aromatic heterocycles. The molecule has 0 aliphatic heterocycles. The van der Waals surface area contributed by atoms with Crippen molar-refractivity contribution in [2.24, 2.45) is 0 Å². The normalized spacial score (nSPS) is 10.6. The van der Waals surface area contributed by atoms with Crippen LogP contribution in [0.4, 0.5) is 4.39 Å². The fourth-order valence-electron chi connectivity index (χ4n) is 2.09. The van der Waals surface area contributed by atoms with Crippen LogP contribution >= 0.6 is 0 Å². The Bertz CT molecular complexity index is 884. The topological polar surface area (TPSA) is 59.2 Å². The van der Waals surface area contributed by atoms with E-state index in [0.29, 0.717) is 16.8 Å². The van der Waals surface area contributed by atoms with Gasteiger partial charge in [0.15, 0.2) is 12.4 Å². The molecule has 0 bridgehead atoms. The maximum atomic E-state index is 12.8. The van der Waals surface area contributed by atoms with E-state index in [1.165, 1.54) is 30.3 Å². The maximum Gasteiger partial charge on any atom is 0.248 e. The minimum atomic E-state index is -0.388. The van der Waals surface area contributed by atoms with E-state index >= 15 is 0 Å². The van der Waals surface area contributed by atoms with Crippen molar-refractivity contribution in [1.29, 1.82) is 0 Å². The first-order valence-electron chi connectivity index (χ1n) is 6.66. The number of benzene rings is 2. The van der Waals surface area contributed by atoms with Gasteiger partial charge < -0.3 is 9.72 Å². The predicted octanol–water partition coefficient (Wildman–Crippen LogP) is 2.93. The lowest BCUT2D eigenvalue weighted by Crippen LogP contribution is -2.11. The Balaban J connectivity index is 1.73. The molecule has 1 heterocycles. The fraction of sp³-hybridized carbons (Fsp3) is 0.0588. The SMILES string of the molecule is O=C(COc1ccc2[nH]c(=O)ccc2c1)c1ccc(F)cc1. The Morgan fingerprint density at radius 1 is 1.05 bits per heavy atom. The van der Waals surface area contributed by atoms with Gasteiger partial charge in [-0.25, -0.2) is 4.39 Å². The van der Waals surface area contributed by atoms with Crippen molar-refractivity contribution < 1.29 is 13.9 Å². The molecule has 3 rings (SSSR count). The van der Waals surface area contributed by atoms with Crippen LogP contribution in [0.15, 0.2) is 59.4 Å². The third-order valence-corrected chi connectivity index (χ3v) is 3.23. The highest BCUT2D eigenvalue weighted by Gasteiger charge is 2.07. The number of carbonyl (C=O) groups excluding carboxylic acids is 1. The molecule has 0 unspecified atom stereocenters. The van der Waals surface area contributed by atoms with Crippen molar-refractivity contribution in [2.45, 2.75) is 0 Å². The first kappa shape index (κ1) is 14.0. The highest BCUT2D eigenvalue weighted by Crippen LogP contribution is 2.18. The number of hydrogen-bond acceptors (Lipinski definition) is 3. The monoisotopic (exact) mass is 297 g/mol. The van der Waals surface area contributed by atoms with Gasteiger partial charge in [-0.1, -0.05) is 0 Å². The lowest BCUT2D eigenvalue weighted by atomic mass is 10.1. The van der Waals surface area contributed by atoms with Crippen LogP contribution in [-0.2, 0) is 0 Å². The first-order chi connectivity index (χ1) is 10.6. The quantitative estimate of drug-likeness (QED) is 0.753. The van der Waals surface area contributed by atoms with E-state index in [1.807, 2.05) is 0 Å². The largest absolute Gasteiger partial charge is 0.485 e. The Hall–Kier alpha value is -2.95. The zero-order valence-electron chi connectivity index (χ0n) is 11.5. The molecule has 0 aliphatic rings. The molecular weight excluding hydrogens is 285 g/mol. The smallest absolute Gasteiger partial charge is 0.248 e. The van der Waals surface area contributed by atoms with Gasteiger partial charge in [0.1, 0.15) is 11.6 Å². The lowest BCUT2D eigenvalue weighted by Gasteiger charge is -2.07. The number of rotatable bonds is 4. The summed E-state index contributed by atoms with van der Waals surface area (Å²) in [5.74, 6) is -0.0995. The second-order valence-corrected chi connectivity index (χ2v) is 4.79. The summed E-state index contributed by atoms with van der Waals surface area (Å²) in [6.45, 7) is -0.138. The Morgan fingerprint density at radius 2 is 1.82 bits per heavy atom. The third kappa shape index (κ3) is 3.03. The predicted molar refractivity (Wildman–Crippen MR) is 80.8 cm³/mol. The van der Waals surface area contributed by atoms with Crippen molar-refractivity contribution in [1.82, 2.24) is 4.98 Å². The van der Waals surface area contributed by atoms with E-state index in [2.05, 4.69) is 4.98 Å². The highest BCUT2D eigenvalue weighted by atomic mass is 19.1. The average Bonchev–Trinajstić information content (AvgIpc) is 2.53. The molecule has 0 fully saturated rings. The zero-order valence-corrected chi connectivity index (χ0v) is 11.5.